The predicted octanol–water partition coefficient (Wildman–Crippen LogP) is 5.10. The number of aromatic nitrogens is 3. The summed E-state index contributed by atoms with van der Waals surface area (Å²) in [6, 6.07) is 14.9. The highest BCUT2D eigenvalue weighted by Gasteiger charge is 2.33. The lowest BCUT2D eigenvalue weighted by Gasteiger charge is -2.25. The normalized spacial score (nSPS) is 16.3. The highest BCUT2D eigenvalue weighted by Crippen LogP contribution is 2.32. The number of carbonyl (C=O) groups is 1. The van der Waals surface area contributed by atoms with Crippen LogP contribution in [0.2, 0.25) is 5.02 Å². The van der Waals surface area contributed by atoms with Crippen molar-refractivity contribution in [1.82, 2.24) is 19.7 Å². The highest BCUT2D eigenvalue weighted by atomic mass is 35.5. The maximum absolute atomic E-state index is 13.0. The second kappa shape index (κ2) is 7.84. The molecule has 0 radical (unpaired) electrons. The summed E-state index contributed by atoms with van der Waals surface area (Å²) in [5, 5.41) is 13.1. The average molecular weight is 422 g/mol. The molecule has 4 aromatic rings. The molecule has 1 saturated heterocycles. The molecule has 1 atom stereocenters. The van der Waals surface area contributed by atoms with Crippen molar-refractivity contribution in [2.24, 2.45) is 0 Å². The maximum atomic E-state index is 13.0. The van der Waals surface area contributed by atoms with E-state index in [4.69, 9.17) is 16.0 Å². The number of nitrogens with zero attached hydrogens (tertiary/aromatic N) is 4. The number of furan rings is 1. The third kappa shape index (κ3) is 3.64. The van der Waals surface area contributed by atoms with Crippen molar-refractivity contribution in [2.45, 2.75) is 25.4 Å². The van der Waals surface area contributed by atoms with Crippen LogP contribution in [0, 0.1) is 0 Å². The van der Waals surface area contributed by atoms with Gasteiger partial charge < -0.3 is 19.2 Å². The molecule has 0 aliphatic carbocycles. The second-order valence-corrected chi connectivity index (χ2v) is 7.83. The number of amides is 2. The quantitative estimate of drug-likeness (QED) is 0.497. The van der Waals surface area contributed by atoms with Gasteiger partial charge in [-0.25, -0.2) is 4.79 Å². The van der Waals surface area contributed by atoms with Crippen LogP contribution in [0.4, 0.5) is 10.5 Å². The van der Waals surface area contributed by atoms with Crippen molar-refractivity contribution < 1.29 is 9.21 Å². The molecule has 8 heteroatoms. The molecule has 152 valence electrons. The van der Waals surface area contributed by atoms with Crippen LogP contribution >= 0.6 is 11.6 Å². The van der Waals surface area contributed by atoms with E-state index in [0.29, 0.717) is 18.1 Å². The van der Waals surface area contributed by atoms with E-state index in [1.165, 1.54) is 0 Å². The number of fused-ring (bicyclic) bond motifs is 1. The van der Waals surface area contributed by atoms with Gasteiger partial charge in [-0.3, -0.25) is 0 Å². The summed E-state index contributed by atoms with van der Waals surface area (Å²) in [5.41, 5.74) is 2.63. The van der Waals surface area contributed by atoms with Gasteiger partial charge >= 0.3 is 6.03 Å². The molecule has 1 N–H and O–H groups in total. The Bertz CT molecular complexity index is 1180. The van der Waals surface area contributed by atoms with Gasteiger partial charge in [0.1, 0.15) is 11.9 Å². The van der Waals surface area contributed by atoms with E-state index in [0.717, 1.165) is 40.9 Å². The lowest BCUT2D eigenvalue weighted by atomic mass is 10.2. The first kappa shape index (κ1) is 18.7. The number of rotatable bonds is 4. The van der Waals surface area contributed by atoms with E-state index in [1.807, 2.05) is 58.0 Å². The predicted molar refractivity (Wildman–Crippen MR) is 114 cm³/mol. The van der Waals surface area contributed by atoms with E-state index < -0.39 is 0 Å². The number of hydrogen-bond donors (Lipinski definition) is 1. The SMILES string of the molecule is O=C(Nc1ccc2occc2c1)N1CCCC1c1nncn1Cc1ccc(Cl)cc1. The van der Waals surface area contributed by atoms with Gasteiger partial charge in [0, 0.05) is 22.6 Å². The molecular weight excluding hydrogens is 402 g/mol. The van der Waals surface area contributed by atoms with Crippen LogP contribution in [0.5, 0.6) is 0 Å². The van der Waals surface area contributed by atoms with Crippen molar-refractivity contribution in [1.29, 1.82) is 0 Å². The number of benzene rings is 2. The minimum Gasteiger partial charge on any atom is -0.464 e. The molecule has 7 nitrogen and oxygen atoms in total. The zero-order valence-electron chi connectivity index (χ0n) is 16.2. The van der Waals surface area contributed by atoms with Crippen LogP contribution in [0.3, 0.4) is 0 Å². The largest absolute Gasteiger partial charge is 0.464 e. The fourth-order valence-corrected chi connectivity index (χ4v) is 4.07. The Kier molecular flexibility index (Phi) is 4.88. The van der Waals surface area contributed by atoms with Crippen molar-refractivity contribution in [3.8, 4) is 0 Å². The fourth-order valence-electron chi connectivity index (χ4n) is 3.95. The zero-order valence-corrected chi connectivity index (χ0v) is 16.9. The smallest absolute Gasteiger partial charge is 0.322 e. The molecule has 30 heavy (non-hydrogen) atoms. The molecule has 1 unspecified atom stereocenters. The first-order valence-corrected chi connectivity index (χ1v) is 10.2. The molecule has 0 bridgehead atoms. The van der Waals surface area contributed by atoms with Gasteiger partial charge in [0.05, 0.1) is 18.8 Å². The molecule has 2 aromatic heterocycles. The monoisotopic (exact) mass is 421 g/mol. The fraction of sp³-hybridized carbons (Fsp3) is 0.227. The van der Waals surface area contributed by atoms with E-state index in [9.17, 15) is 4.79 Å². The standard InChI is InChI=1S/C22H20ClN5O2/c23-17-5-3-15(4-6-17)13-27-14-24-26-21(27)19-2-1-10-28(19)22(29)25-18-7-8-20-16(12-18)9-11-30-20/h3-9,11-12,14,19H,1-2,10,13H2,(H,25,29). The van der Waals surface area contributed by atoms with Gasteiger partial charge in [-0.15, -0.1) is 10.2 Å². The molecule has 1 aliphatic rings. The van der Waals surface area contributed by atoms with Gasteiger partial charge in [0.15, 0.2) is 5.82 Å². The summed E-state index contributed by atoms with van der Waals surface area (Å²) in [5.74, 6) is 0.794. The number of nitrogens with one attached hydrogen (secondary N) is 1. The molecule has 5 rings (SSSR count). The topological polar surface area (TPSA) is 76.2 Å². The zero-order chi connectivity index (χ0) is 20.5. The van der Waals surface area contributed by atoms with Gasteiger partial charge in [-0.05, 0) is 54.8 Å². The van der Waals surface area contributed by atoms with Crippen LogP contribution in [-0.2, 0) is 6.54 Å². The van der Waals surface area contributed by atoms with E-state index in [2.05, 4.69) is 15.5 Å². The Labute approximate surface area is 178 Å². The summed E-state index contributed by atoms with van der Waals surface area (Å²) < 4.78 is 7.36. The van der Waals surface area contributed by atoms with Crippen LogP contribution < -0.4 is 5.32 Å². The Morgan fingerprint density at radius 2 is 2.07 bits per heavy atom. The van der Waals surface area contributed by atoms with E-state index >= 15 is 0 Å². The van der Waals surface area contributed by atoms with Crippen LogP contribution in [0.25, 0.3) is 11.0 Å². The molecule has 1 aliphatic heterocycles. The van der Waals surface area contributed by atoms with Crippen LogP contribution in [-0.4, -0.2) is 32.2 Å². The van der Waals surface area contributed by atoms with E-state index in [-0.39, 0.29) is 12.1 Å². The summed E-state index contributed by atoms with van der Waals surface area (Å²) >= 11 is 5.99. The number of halogens is 1. The lowest BCUT2D eigenvalue weighted by Crippen LogP contribution is -2.35. The number of likely N-dealkylation sites (tertiary alicyclic amines) is 1. The Morgan fingerprint density at radius 3 is 2.93 bits per heavy atom. The number of carbonyl (C=O) groups excluding carboxylic acids is 1. The van der Waals surface area contributed by atoms with Crippen molar-refractivity contribution in [2.75, 3.05) is 11.9 Å². The summed E-state index contributed by atoms with van der Waals surface area (Å²) in [4.78, 5) is 14.9. The summed E-state index contributed by atoms with van der Waals surface area (Å²) in [6.07, 6.45) is 5.13. The van der Waals surface area contributed by atoms with Gasteiger partial charge in [0.2, 0.25) is 0 Å². The number of hydrogen-bond acceptors (Lipinski definition) is 4. The first-order valence-electron chi connectivity index (χ1n) is 9.84. The molecular formula is C22H20ClN5O2. The summed E-state index contributed by atoms with van der Waals surface area (Å²) in [7, 11) is 0. The van der Waals surface area contributed by atoms with Crippen molar-refractivity contribution >= 4 is 34.3 Å². The molecule has 3 heterocycles. The second-order valence-electron chi connectivity index (χ2n) is 7.40. The van der Waals surface area contributed by atoms with Crippen LogP contribution in [0.15, 0.2) is 65.5 Å². The van der Waals surface area contributed by atoms with Crippen molar-refractivity contribution in [3.05, 3.63) is 77.5 Å². The minimum absolute atomic E-state index is 0.113. The Hall–Kier alpha value is -3.32. The van der Waals surface area contributed by atoms with Crippen LogP contribution in [0.1, 0.15) is 30.3 Å². The maximum Gasteiger partial charge on any atom is 0.322 e. The first-order chi connectivity index (χ1) is 14.7. The van der Waals surface area contributed by atoms with Gasteiger partial charge in [0.25, 0.3) is 0 Å². The molecule has 0 spiro atoms. The summed E-state index contributed by atoms with van der Waals surface area (Å²) in [6.45, 7) is 1.31. The molecule has 1 fully saturated rings. The number of anilines is 1. The Balaban J connectivity index is 1.34. The third-order valence-electron chi connectivity index (χ3n) is 5.43. The molecule has 0 saturated carbocycles. The molecule has 2 amide bonds. The highest BCUT2D eigenvalue weighted by molar-refractivity contribution is 6.30. The number of urea groups is 1. The third-order valence-corrected chi connectivity index (χ3v) is 5.68. The van der Waals surface area contributed by atoms with E-state index in [1.54, 1.807) is 12.6 Å². The van der Waals surface area contributed by atoms with Gasteiger partial charge in [-0.2, -0.15) is 0 Å². The molecule has 2 aromatic carbocycles. The van der Waals surface area contributed by atoms with Gasteiger partial charge in [-0.1, -0.05) is 23.7 Å². The lowest BCUT2D eigenvalue weighted by molar-refractivity contribution is 0.204. The average Bonchev–Trinajstić information content (AvgIpc) is 3.49. The Morgan fingerprint density at radius 1 is 1.20 bits per heavy atom. The minimum atomic E-state index is -0.138. The van der Waals surface area contributed by atoms with Crippen molar-refractivity contribution in [3.63, 3.8) is 0 Å².